The SMILES string of the molecule is CCOc1ccc(S(=O)(=O)N2CCC(C(=O)N3CCN(c4ccc(F)cc4)CC3)CC2)cc1. The Bertz CT molecular complexity index is 1040. The van der Waals surface area contributed by atoms with Crippen LogP contribution in [0.5, 0.6) is 5.75 Å². The Morgan fingerprint density at radius 2 is 1.55 bits per heavy atom. The van der Waals surface area contributed by atoms with E-state index in [0.717, 1.165) is 5.69 Å². The number of ether oxygens (including phenoxy) is 1. The van der Waals surface area contributed by atoms with E-state index in [1.165, 1.54) is 16.4 Å². The van der Waals surface area contributed by atoms with Crippen molar-refractivity contribution in [1.29, 1.82) is 0 Å². The lowest BCUT2D eigenvalue weighted by atomic mass is 9.96. The second-order valence-electron chi connectivity index (χ2n) is 8.37. The summed E-state index contributed by atoms with van der Waals surface area (Å²) in [5.41, 5.74) is 0.955. The second kappa shape index (κ2) is 10.1. The van der Waals surface area contributed by atoms with Crippen LogP contribution in [0.15, 0.2) is 53.4 Å². The van der Waals surface area contributed by atoms with Gasteiger partial charge in [-0.25, -0.2) is 12.8 Å². The molecule has 0 atom stereocenters. The summed E-state index contributed by atoms with van der Waals surface area (Å²) in [5.74, 6) is 0.324. The highest BCUT2D eigenvalue weighted by molar-refractivity contribution is 7.89. The first-order valence-electron chi connectivity index (χ1n) is 11.4. The molecule has 0 unspecified atom stereocenters. The Labute approximate surface area is 194 Å². The fourth-order valence-electron chi connectivity index (χ4n) is 4.46. The van der Waals surface area contributed by atoms with Gasteiger partial charge in [-0.1, -0.05) is 0 Å². The van der Waals surface area contributed by atoms with Crippen molar-refractivity contribution in [2.45, 2.75) is 24.7 Å². The Morgan fingerprint density at radius 3 is 2.12 bits per heavy atom. The number of nitrogens with zero attached hydrogens (tertiary/aromatic N) is 3. The highest BCUT2D eigenvalue weighted by Crippen LogP contribution is 2.27. The van der Waals surface area contributed by atoms with Crippen molar-refractivity contribution in [3.8, 4) is 5.75 Å². The number of anilines is 1. The van der Waals surface area contributed by atoms with Gasteiger partial charge in [-0.05, 0) is 68.3 Å². The number of hydrogen-bond acceptors (Lipinski definition) is 5. The number of hydrogen-bond donors (Lipinski definition) is 0. The Balaban J connectivity index is 1.29. The Morgan fingerprint density at radius 1 is 0.939 bits per heavy atom. The third-order valence-corrected chi connectivity index (χ3v) is 8.27. The summed E-state index contributed by atoms with van der Waals surface area (Å²) < 4.78 is 46.0. The van der Waals surface area contributed by atoms with Gasteiger partial charge in [0.25, 0.3) is 0 Å². The Hall–Kier alpha value is -2.65. The van der Waals surface area contributed by atoms with E-state index < -0.39 is 10.0 Å². The summed E-state index contributed by atoms with van der Waals surface area (Å²) in [4.78, 5) is 17.3. The molecule has 2 saturated heterocycles. The van der Waals surface area contributed by atoms with Crippen LogP contribution in [0, 0.1) is 11.7 Å². The smallest absolute Gasteiger partial charge is 0.243 e. The highest BCUT2D eigenvalue weighted by Gasteiger charge is 2.34. The van der Waals surface area contributed by atoms with E-state index in [2.05, 4.69) is 4.90 Å². The Kier molecular flexibility index (Phi) is 7.19. The van der Waals surface area contributed by atoms with Gasteiger partial charge < -0.3 is 14.5 Å². The minimum atomic E-state index is -3.59. The molecule has 2 aliphatic rings. The van der Waals surface area contributed by atoms with Gasteiger partial charge in [-0.3, -0.25) is 4.79 Å². The fourth-order valence-corrected chi connectivity index (χ4v) is 5.93. The van der Waals surface area contributed by atoms with E-state index >= 15 is 0 Å². The van der Waals surface area contributed by atoms with E-state index in [-0.39, 0.29) is 22.5 Å². The number of rotatable bonds is 6. The van der Waals surface area contributed by atoms with Gasteiger partial charge in [0.1, 0.15) is 11.6 Å². The summed E-state index contributed by atoms with van der Waals surface area (Å²) in [5, 5.41) is 0. The maximum atomic E-state index is 13.2. The summed E-state index contributed by atoms with van der Waals surface area (Å²) in [7, 11) is -3.59. The molecule has 7 nitrogen and oxygen atoms in total. The van der Waals surface area contributed by atoms with Crippen LogP contribution in [0.2, 0.25) is 0 Å². The maximum Gasteiger partial charge on any atom is 0.243 e. The molecule has 33 heavy (non-hydrogen) atoms. The average Bonchev–Trinajstić information content (AvgIpc) is 2.85. The molecule has 2 fully saturated rings. The second-order valence-corrected chi connectivity index (χ2v) is 10.3. The molecule has 0 aliphatic carbocycles. The third kappa shape index (κ3) is 5.30. The van der Waals surface area contributed by atoms with Crippen LogP contribution < -0.4 is 9.64 Å². The molecule has 4 rings (SSSR count). The number of carbonyl (C=O) groups excluding carboxylic acids is 1. The van der Waals surface area contributed by atoms with Crippen molar-refractivity contribution in [1.82, 2.24) is 9.21 Å². The van der Waals surface area contributed by atoms with E-state index in [9.17, 15) is 17.6 Å². The summed E-state index contributed by atoms with van der Waals surface area (Å²) in [6, 6.07) is 12.9. The molecule has 0 saturated carbocycles. The molecule has 2 heterocycles. The van der Waals surface area contributed by atoms with E-state index in [1.54, 1.807) is 36.4 Å². The van der Waals surface area contributed by atoms with Crippen LogP contribution in [0.25, 0.3) is 0 Å². The topological polar surface area (TPSA) is 70.2 Å². The van der Waals surface area contributed by atoms with Crippen molar-refractivity contribution in [2.24, 2.45) is 5.92 Å². The quantitative estimate of drug-likeness (QED) is 0.643. The van der Waals surface area contributed by atoms with E-state index in [0.29, 0.717) is 64.5 Å². The summed E-state index contributed by atoms with van der Waals surface area (Å²) in [6.45, 7) is 5.69. The standard InChI is InChI=1S/C24H30FN3O4S/c1-2-32-22-7-9-23(10-8-22)33(30,31)28-13-11-19(12-14-28)24(29)27-17-15-26(16-18-27)21-5-3-20(25)4-6-21/h3-10,19H,2,11-18H2,1H3. The molecule has 2 aromatic carbocycles. The van der Waals surface area contributed by atoms with Crippen molar-refractivity contribution in [2.75, 3.05) is 50.8 Å². The molecule has 0 radical (unpaired) electrons. The van der Waals surface area contributed by atoms with Crippen LogP contribution in [0.3, 0.4) is 0 Å². The molecular formula is C24H30FN3O4S. The number of sulfonamides is 1. The molecule has 2 aromatic rings. The first kappa shape index (κ1) is 23.5. The van der Waals surface area contributed by atoms with Crippen molar-refractivity contribution in [3.63, 3.8) is 0 Å². The number of amides is 1. The van der Waals surface area contributed by atoms with Gasteiger partial charge in [0.05, 0.1) is 11.5 Å². The molecule has 0 aromatic heterocycles. The van der Waals surface area contributed by atoms with Gasteiger partial charge in [0.2, 0.25) is 15.9 Å². The lowest BCUT2D eigenvalue weighted by Gasteiger charge is -2.39. The summed E-state index contributed by atoms with van der Waals surface area (Å²) >= 11 is 0. The number of piperidine rings is 1. The minimum absolute atomic E-state index is 0.104. The summed E-state index contributed by atoms with van der Waals surface area (Å²) in [6.07, 6.45) is 1.04. The fraction of sp³-hybridized carbons (Fsp3) is 0.458. The third-order valence-electron chi connectivity index (χ3n) is 6.36. The van der Waals surface area contributed by atoms with Gasteiger partial charge in [-0.15, -0.1) is 0 Å². The van der Waals surface area contributed by atoms with Crippen molar-refractivity contribution >= 4 is 21.6 Å². The first-order valence-corrected chi connectivity index (χ1v) is 12.8. The van der Waals surface area contributed by atoms with Crippen molar-refractivity contribution < 1.29 is 22.3 Å². The van der Waals surface area contributed by atoms with Gasteiger partial charge in [-0.2, -0.15) is 4.31 Å². The largest absolute Gasteiger partial charge is 0.494 e. The molecule has 9 heteroatoms. The number of piperazine rings is 1. The predicted octanol–water partition coefficient (Wildman–Crippen LogP) is 2.97. The molecular weight excluding hydrogens is 445 g/mol. The molecule has 0 bridgehead atoms. The molecule has 0 N–H and O–H groups in total. The lowest BCUT2D eigenvalue weighted by molar-refractivity contribution is -0.137. The molecule has 2 aliphatic heterocycles. The lowest BCUT2D eigenvalue weighted by Crippen LogP contribution is -2.52. The average molecular weight is 476 g/mol. The number of benzene rings is 2. The normalized spacial score (nSPS) is 18.4. The maximum absolute atomic E-state index is 13.2. The predicted molar refractivity (Wildman–Crippen MR) is 124 cm³/mol. The zero-order valence-corrected chi connectivity index (χ0v) is 19.6. The van der Waals surface area contributed by atoms with Gasteiger partial charge >= 0.3 is 0 Å². The monoisotopic (exact) mass is 475 g/mol. The number of halogens is 1. The van der Waals surface area contributed by atoms with Crippen LogP contribution >= 0.6 is 0 Å². The first-order chi connectivity index (χ1) is 15.9. The van der Waals surface area contributed by atoms with Crippen molar-refractivity contribution in [3.05, 3.63) is 54.3 Å². The highest BCUT2D eigenvalue weighted by atomic mass is 32.2. The molecule has 1 amide bonds. The number of carbonyl (C=O) groups is 1. The van der Waals surface area contributed by atoms with E-state index in [1.807, 2.05) is 11.8 Å². The van der Waals surface area contributed by atoms with Crippen LogP contribution in [-0.4, -0.2) is 69.4 Å². The van der Waals surface area contributed by atoms with Crippen LogP contribution in [-0.2, 0) is 14.8 Å². The van der Waals surface area contributed by atoms with Gasteiger partial charge in [0.15, 0.2) is 0 Å². The van der Waals surface area contributed by atoms with Crippen LogP contribution in [0.1, 0.15) is 19.8 Å². The van der Waals surface area contributed by atoms with Crippen LogP contribution in [0.4, 0.5) is 10.1 Å². The zero-order valence-electron chi connectivity index (χ0n) is 18.8. The van der Waals surface area contributed by atoms with E-state index in [4.69, 9.17) is 4.74 Å². The molecule has 0 spiro atoms. The van der Waals surface area contributed by atoms with Gasteiger partial charge in [0, 0.05) is 50.9 Å². The molecule has 178 valence electrons. The zero-order chi connectivity index (χ0) is 23.4. The minimum Gasteiger partial charge on any atom is -0.494 e.